The molecule has 2 aromatic carbocycles. The van der Waals surface area contributed by atoms with Gasteiger partial charge in [-0.2, -0.15) is 5.10 Å². The zero-order valence-electron chi connectivity index (χ0n) is 16.8. The fraction of sp³-hybridized carbons (Fsp3) is 0.200. The van der Waals surface area contributed by atoms with Gasteiger partial charge in [0.25, 0.3) is 0 Å². The Kier molecular flexibility index (Phi) is 5.36. The fourth-order valence-electron chi connectivity index (χ4n) is 3.32. The molecule has 7 nitrogen and oxygen atoms in total. The predicted octanol–water partition coefficient (Wildman–Crippen LogP) is 3.63. The van der Waals surface area contributed by atoms with E-state index < -0.39 is 47.1 Å². The van der Waals surface area contributed by atoms with Crippen LogP contribution in [0.15, 0.2) is 24.3 Å². The average Bonchev–Trinajstić information content (AvgIpc) is 3.29. The number of halogens is 5. The van der Waals surface area contributed by atoms with Gasteiger partial charge in [-0.1, -0.05) is 17.3 Å². The lowest BCUT2D eigenvalue weighted by Gasteiger charge is -2.10. The molecule has 12 heteroatoms. The second-order valence-corrected chi connectivity index (χ2v) is 7.04. The number of nitrogens with one attached hydrogen (secondary N) is 1. The van der Waals surface area contributed by atoms with Gasteiger partial charge in [-0.15, -0.1) is 5.10 Å². The van der Waals surface area contributed by atoms with E-state index >= 15 is 0 Å². The van der Waals surface area contributed by atoms with Gasteiger partial charge in [-0.05, 0) is 26.0 Å². The van der Waals surface area contributed by atoms with E-state index in [0.29, 0.717) is 16.7 Å². The molecule has 0 spiro atoms. The van der Waals surface area contributed by atoms with E-state index in [1.54, 1.807) is 24.3 Å². The molecule has 166 valence electrons. The molecule has 1 amide bonds. The van der Waals surface area contributed by atoms with Crippen LogP contribution in [0.1, 0.15) is 17.0 Å². The first-order chi connectivity index (χ1) is 15.2. The number of hydrogen-bond acceptors (Lipinski definition) is 4. The zero-order chi connectivity index (χ0) is 23.2. The van der Waals surface area contributed by atoms with E-state index in [4.69, 9.17) is 0 Å². The molecule has 4 rings (SSSR count). The lowest BCUT2D eigenvalue weighted by Crippen LogP contribution is -2.20. The molecular formula is C20H15F5N6O. The highest BCUT2D eigenvalue weighted by Crippen LogP contribution is 2.26. The van der Waals surface area contributed by atoms with Crippen LogP contribution in [0.4, 0.5) is 27.6 Å². The van der Waals surface area contributed by atoms with Crippen molar-refractivity contribution < 1.29 is 26.7 Å². The molecule has 0 saturated heterocycles. The summed E-state index contributed by atoms with van der Waals surface area (Å²) < 4.78 is 70.8. The lowest BCUT2D eigenvalue weighted by atomic mass is 10.1. The van der Waals surface area contributed by atoms with Crippen molar-refractivity contribution in [3.05, 3.63) is 70.3 Å². The standard InChI is InChI=1S/C20H15F5N6O/c1-9-20(26-14(32)8-31-13-6-4-3-5-12(13)27-29-31)10(2)30(28-9)7-11-15(21)17(23)19(25)18(24)16(11)22/h3-6H,7-8H2,1-2H3,(H,26,32). The quantitative estimate of drug-likeness (QED) is 0.286. The number of para-hydroxylation sites is 1. The van der Waals surface area contributed by atoms with Crippen LogP contribution >= 0.6 is 0 Å². The Hall–Kier alpha value is -3.83. The van der Waals surface area contributed by atoms with Gasteiger partial charge in [0.2, 0.25) is 11.7 Å². The molecule has 32 heavy (non-hydrogen) atoms. The van der Waals surface area contributed by atoms with Crippen LogP contribution < -0.4 is 5.32 Å². The third-order valence-corrected chi connectivity index (χ3v) is 4.97. The van der Waals surface area contributed by atoms with Crippen LogP contribution in [0.5, 0.6) is 0 Å². The first-order valence-corrected chi connectivity index (χ1v) is 9.31. The fourth-order valence-corrected chi connectivity index (χ4v) is 3.32. The Morgan fingerprint density at radius 3 is 2.25 bits per heavy atom. The largest absolute Gasteiger partial charge is 0.321 e. The van der Waals surface area contributed by atoms with Crippen molar-refractivity contribution in [3.63, 3.8) is 0 Å². The maximum absolute atomic E-state index is 14.0. The molecule has 4 aromatic rings. The van der Waals surface area contributed by atoms with E-state index in [-0.39, 0.29) is 17.9 Å². The molecule has 0 aliphatic heterocycles. The summed E-state index contributed by atoms with van der Waals surface area (Å²) >= 11 is 0. The molecule has 0 aliphatic carbocycles. The monoisotopic (exact) mass is 450 g/mol. The van der Waals surface area contributed by atoms with E-state index in [0.717, 1.165) is 4.68 Å². The summed E-state index contributed by atoms with van der Waals surface area (Å²) in [4.78, 5) is 12.5. The lowest BCUT2D eigenvalue weighted by molar-refractivity contribution is -0.116. The van der Waals surface area contributed by atoms with Crippen LogP contribution in [0.2, 0.25) is 0 Å². The van der Waals surface area contributed by atoms with Crippen LogP contribution in [-0.2, 0) is 17.9 Å². The Balaban J connectivity index is 1.58. The maximum Gasteiger partial charge on any atom is 0.246 e. The highest BCUT2D eigenvalue weighted by molar-refractivity contribution is 5.92. The summed E-state index contributed by atoms with van der Waals surface area (Å²) in [5, 5.41) is 14.6. The second kappa shape index (κ2) is 8.02. The summed E-state index contributed by atoms with van der Waals surface area (Å²) in [6.45, 7) is 2.14. The molecule has 0 aliphatic rings. The van der Waals surface area contributed by atoms with Crippen molar-refractivity contribution in [3.8, 4) is 0 Å². The minimum absolute atomic E-state index is 0.164. The number of carbonyl (C=O) groups excluding carboxylic acids is 1. The molecule has 0 saturated carbocycles. The Morgan fingerprint density at radius 2 is 1.56 bits per heavy atom. The zero-order valence-corrected chi connectivity index (χ0v) is 16.8. The topological polar surface area (TPSA) is 77.6 Å². The number of amides is 1. The third-order valence-electron chi connectivity index (χ3n) is 4.97. The molecule has 2 heterocycles. The SMILES string of the molecule is Cc1nn(Cc2c(F)c(F)c(F)c(F)c2F)c(C)c1NC(=O)Cn1nnc2ccccc21. The number of fused-ring (bicyclic) bond motifs is 1. The van der Waals surface area contributed by atoms with Crippen LogP contribution in [0, 0.1) is 42.9 Å². The molecule has 1 N–H and O–H groups in total. The number of aromatic nitrogens is 5. The van der Waals surface area contributed by atoms with E-state index in [2.05, 4.69) is 20.7 Å². The summed E-state index contributed by atoms with van der Waals surface area (Å²) in [7, 11) is 0. The summed E-state index contributed by atoms with van der Waals surface area (Å²) in [5.41, 5.74) is 1.05. The predicted molar refractivity (Wildman–Crippen MR) is 103 cm³/mol. The van der Waals surface area contributed by atoms with Gasteiger partial charge >= 0.3 is 0 Å². The average molecular weight is 450 g/mol. The molecule has 0 atom stereocenters. The molecular weight excluding hydrogens is 435 g/mol. The first-order valence-electron chi connectivity index (χ1n) is 9.31. The van der Waals surface area contributed by atoms with E-state index in [9.17, 15) is 26.7 Å². The van der Waals surface area contributed by atoms with Crippen molar-refractivity contribution in [2.45, 2.75) is 26.9 Å². The van der Waals surface area contributed by atoms with Crippen molar-refractivity contribution in [2.24, 2.45) is 0 Å². The van der Waals surface area contributed by atoms with Crippen molar-refractivity contribution in [2.75, 3.05) is 5.32 Å². The van der Waals surface area contributed by atoms with Crippen molar-refractivity contribution in [1.29, 1.82) is 0 Å². The number of anilines is 1. The number of benzene rings is 2. The number of carbonyl (C=O) groups is 1. The van der Waals surface area contributed by atoms with Gasteiger partial charge < -0.3 is 5.32 Å². The summed E-state index contributed by atoms with van der Waals surface area (Å²) in [6, 6.07) is 7.06. The number of aryl methyl sites for hydroxylation is 1. The van der Waals surface area contributed by atoms with Crippen molar-refractivity contribution >= 4 is 22.6 Å². The number of nitrogens with zero attached hydrogens (tertiary/aromatic N) is 5. The van der Waals surface area contributed by atoms with Crippen LogP contribution in [0.25, 0.3) is 11.0 Å². The van der Waals surface area contributed by atoms with E-state index in [1.807, 2.05) is 0 Å². The normalized spacial score (nSPS) is 11.3. The summed E-state index contributed by atoms with van der Waals surface area (Å²) in [6.07, 6.45) is 0. The van der Waals surface area contributed by atoms with Crippen LogP contribution in [-0.4, -0.2) is 30.7 Å². The molecule has 0 unspecified atom stereocenters. The second-order valence-electron chi connectivity index (χ2n) is 7.04. The first kappa shape index (κ1) is 21.4. The Labute approximate surface area is 177 Å². The number of hydrogen-bond donors (Lipinski definition) is 1. The molecule has 2 aromatic heterocycles. The van der Waals surface area contributed by atoms with Gasteiger partial charge in [0.1, 0.15) is 12.1 Å². The highest BCUT2D eigenvalue weighted by atomic mass is 19.2. The van der Waals surface area contributed by atoms with Gasteiger partial charge in [-0.3, -0.25) is 9.48 Å². The van der Waals surface area contributed by atoms with Crippen molar-refractivity contribution in [1.82, 2.24) is 24.8 Å². The minimum atomic E-state index is -2.23. The Morgan fingerprint density at radius 1 is 0.938 bits per heavy atom. The smallest absolute Gasteiger partial charge is 0.246 e. The third kappa shape index (κ3) is 3.57. The van der Waals surface area contributed by atoms with Gasteiger partial charge in [-0.25, -0.2) is 26.6 Å². The van der Waals surface area contributed by atoms with Gasteiger partial charge in [0, 0.05) is 0 Å². The van der Waals surface area contributed by atoms with Gasteiger partial charge in [0.05, 0.1) is 34.7 Å². The molecule has 0 radical (unpaired) electrons. The number of rotatable bonds is 5. The van der Waals surface area contributed by atoms with E-state index in [1.165, 1.54) is 18.5 Å². The highest BCUT2D eigenvalue weighted by Gasteiger charge is 2.27. The maximum atomic E-state index is 14.0. The molecule has 0 bridgehead atoms. The van der Waals surface area contributed by atoms with Crippen LogP contribution in [0.3, 0.4) is 0 Å². The Bertz CT molecular complexity index is 1330. The minimum Gasteiger partial charge on any atom is -0.321 e. The molecule has 0 fully saturated rings. The summed E-state index contributed by atoms with van der Waals surface area (Å²) in [5.74, 6) is -10.6. The van der Waals surface area contributed by atoms with Gasteiger partial charge in [0.15, 0.2) is 23.3 Å².